The highest BCUT2D eigenvalue weighted by molar-refractivity contribution is 9.10. The van der Waals surface area contributed by atoms with E-state index >= 15 is 0 Å². The molecule has 1 aliphatic rings. The second-order valence-corrected chi connectivity index (χ2v) is 6.08. The molecule has 0 amide bonds. The standard InChI is InChI=1S/C13H19BrN2/c1-13(2,3)16-10-6-9-15(16)12-8-5-4-7-11(12)14/h4-5,7-8H,6,9-10H2,1-3H3. The van der Waals surface area contributed by atoms with Gasteiger partial charge in [0.25, 0.3) is 0 Å². The molecule has 0 radical (unpaired) electrons. The van der Waals surface area contributed by atoms with Gasteiger partial charge in [0, 0.05) is 23.1 Å². The van der Waals surface area contributed by atoms with E-state index in [9.17, 15) is 0 Å². The molecule has 16 heavy (non-hydrogen) atoms. The van der Waals surface area contributed by atoms with Gasteiger partial charge in [0.05, 0.1) is 5.69 Å². The van der Waals surface area contributed by atoms with Crippen molar-refractivity contribution in [2.24, 2.45) is 0 Å². The molecule has 0 N–H and O–H groups in total. The lowest BCUT2D eigenvalue weighted by molar-refractivity contribution is 0.157. The summed E-state index contributed by atoms with van der Waals surface area (Å²) in [6, 6.07) is 8.44. The summed E-state index contributed by atoms with van der Waals surface area (Å²) in [6.45, 7) is 9.05. The molecule has 88 valence electrons. The van der Waals surface area contributed by atoms with E-state index in [0.29, 0.717) is 0 Å². The van der Waals surface area contributed by atoms with Crippen LogP contribution in [0.15, 0.2) is 28.7 Å². The van der Waals surface area contributed by atoms with Gasteiger partial charge < -0.3 is 5.01 Å². The lowest BCUT2D eigenvalue weighted by Crippen LogP contribution is -2.49. The van der Waals surface area contributed by atoms with E-state index in [0.717, 1.165) is 13.1 Å². The number of hydrogen-bond acceptors (Lipinski definition) is 2. The van der Waals surface area contributed by atoms with E-state index in [1.165, 1.54) is 16.6 Å². The Morgan fingerprint density at radius 3 is 2.44 bits per heavy atom. The molecule has 0 aliphatic carbocycles. The Balaban J connectivity index is 2.31. The molecule has 0 atom stereocenters. The molecule has 2 rings (SSSR count). The van der Waals surface area contributed by atoms with Gasteiger partial charge in [0.2, 0.25) is 0 Å². The van der Waals surface area contributed by atoms with E-state index < -0.39 is 0 Å². The van der Waals surface area contributed by atoms with Crippen molar-refractivity contribution < 1.29 is 0 Å². The van der Waals surface area contributed by atoms with Gasteiger partial charge in [-0.3, -0.25) is 0 Å². The van der Waals surface area contributed by atoms with Crippen LogP contribution >= 0.6 is 15.9 Å². The highest BCUT2D eigenvalue weighted by Gasteiger charge is 2.32. The summed E-state index contributed by atoms with van der Waals surface area (Å²) >= 11 is 3.63. The Bertz CT molecular complexity index is 370. The second kappa shape index (κ2) is 4.38. The molecule has 0 saturated carbocycles. The summed E-state index contributed by atoms with van der Waals surface area (Å²) in [5.41, 5.74) is 1.46. The largest absolute Gasteiger partial charge is 0.304 e. The molecule has 0 aromatic heterocycles. The molecule has 1 aromatic carbocycles. The van der Waals surface area contributed by atoms with Gasteiger partial charge in [-0.05, 0) is 55.3 Å². The van der Waals surface area contributed by atoms with Crippen LogP contribution in [-0.2, 0) is 0 Å². The van der Waals surface area contributed by atoms with E-state index in [1.807, 2.05) is 0 Å². The summed E-state index contributed by atoms with van der Waals surface area (Å²) < 4.78 is 1.17. The molecule has 1 heterocycles. The van der Waals surface area contributed by atoms with Crippen molar-refractivity contribution in [2.75, 3.05) is 18.1 Å². The summed E-state index contributed by atoms with van der Waals surface area (Å²) in [5.74, 6) is 0. The van der Waals surface area contributed by atoms with Crippen molar-refractivity contribution in [3.8, 4) is 0 Å². The molecular formula is C13H19BrN2. The van der Waals surface area contributed by atoms with E-state index in [2.05, 4.69) is 71.0 Å². The summed E-state index contributed by atoms with van der Waals surface area (Å²) in [4.78, 5) is 0. The number of benzene rings is 1. The smallest absolute Gasteiger partial charge is 0.0664 e. The minimum atomic E-state index is 0.186. The highest BCUT2D eigenvalue weighted by Crippen LogP contribution is 2.32. The van der Waals surface area contributed by atoms with Crippen molar-refractivity contribution >= 4 is 21.6 Å². The number of para-hydroxylation sites is 1. The van der Waals surface area contributed by atoms with Gasteiger partial charge in [-0.15, -0.1) is 0 Å². The van der Waals surface area contributed by atoms with Crippen LogP contribution in [0.4, 0.5) is 5.69 Å². The van der Waals surface area contributed by atoms with Gasteiger partial charge in [-0.25, -0.2) is 5.01 Å². The predicted octanol–water partition coefficient (Wildman–Crippen LogP) is 3.67. The monoisotopic (exact) mass is 282 g/mol. The fraction of sp³-hybridized carbons (Fsp3) is 0.538. The van der Waals surface area contributed by atoms with Gasteiger partial charge >= 0.3 is 0 Å². The number of hydrazine groups is 1. The van der Waals surface area contributed by atoms with Crippen molar-refractivity contribution in [2.45, 2.75) is 32.7 Å². The lowest BCUT2D eigenvalue weighted by atomic mass is 10.1. The van der Waals surface area contributed by atoms with Crippen molar-refractivity contribution in [1.29, 1.82) is 0 Å². The zero-order chi connectivity index (χ0) is 11.8. The Kier molecular flexibility index (Phi) is 3.27. The Morgan fingerprint density at radius 2 is 1.81 bits per heavy atom. The average molecular weight is 283 g/mol. The van der Waals surface area contributed by atoms with Crippen LogP contribution in [0.1, 0.15) is 27.2 Å². The number of rotatable bonds is 1. The van der Waals surface area contributed by atoms with Crippen molar-refractivity contribution in [3.05, 3.63) is 28.7 Å². The predicted molar refractivity (Wildman–Crippen MR) is 72.6 cm³/mol. The summed E-state index contributed by atoms with van der Waals surface area (Å²) in [7, 11) is 0. The third-order valence-electron chi connectivity index (χ3n) is 2.94. The van der Waals surface area contributed by atoms with Gasteiger partial charge in [0.15, 0.2) is 0 Å². The Labute approximate surface area is 106 Å². The van der Waals surface area contributed by atoms with E-state index in [1.54, 1.807) is 0 Å². The van der Waals surface area contributed by atoms with Crippen LogP contribution < -0.4 is 5.01 Å². The normalized spacial score (nSPS) is 18.1. The SMILES string of the molecule is CC(C)(C)N1CCCN1c1ccccc1Br. The number of nitrogens with zero attached hydrogens (tertiary/aromatic N) is 2. The number of anilines is 1. The van der Waals surface area contributed by atoms with E-state index in [4.69, 9.17) is 0 Å². The molecule has 1 aliphatic heterocycles. The fourth-order valence-corrected chi connectivity index (χ4v) is 2.71. The number of hydrogen-bond donors (Lipinski definition) is 0. The van der Waals surface area contributed by atoms with Gasteiger partial charge in [-0.1, -0.05) is 12.1 Å². The summed E-state index contributed by atoms with van der Waals surface area (Å²) in [6.07, 6.45) is 1.23. The van der Waals surface area contributed by atoms with Crippen LogP contribution in [0.3, 0.4) is 0 Å². The Hall–Kier alpha value is -0.540. The molecule has 1 aromatic rings. The third-order valence-corrected chi connectivity index (χ3v) is 3.61. The van der Waals surface area contributed by atoms with Gasteiger partial charge in [-0.2, -0.15) is 0 Å². The molecule has 1 fully saturated rings. The van der Waals surface area contributed by atoms with Crippen LogP contribution in [0, 0.1) is 0 Å². The van der Waals surface area contributed by atoms with Crippen LogP contribution in [-0.4, -0.2) is 23.6 Å². The first kappa shape index (κ1) is 11.9. The molecule has 0 bridgehead atoms. The molecule has 1 saturated heterocycles. The first-order chi connectivity index (χ1) is 7.50. The van der Waals surface area contributed by atoms with Crippen LogP contribution in [0.25, 0.3) is 0 Å². The minimum absolute atomic E-state index is 0.186. The maximum absolute atomic E-state index is 3.63. The first-order valence-corrected chi connectivity index (χ1v) is 6.59. The molecule has 0 spiro atoms. The molecule has 0 unspecified atom stereocenters. The third kappa shape index (κ3) is 2.25. The second-order valence-electron chi connectivity index (χ2n) is 5.22. The van der Waals surface area contributed by atoms with Crippen molar-refractivity contribution in [3.63, 3.8) is 0 Å². The van der Waals surface area contributed by atoms with Crippen LogP contribution in [0.2, 0.25) is 0 Å². The van der Waals surface area contributed by atoms with Gasteiger partial charge in [0.1, 0.15) is 0 Å². The topological polar surface area (TPSA) is 6.48 Å². The average Bonchev–Trinajstić information content (AvgIpc) is 2.66. The zero-order valence-electron chi connectivity index (χ0n) is 10.2. The zero-order valence-corrected chi connectivity index (χ0v) is 11.8. The lowest BCUT2D eigenvalue weighted by Gasteiger charge is -2.40. The maximum atomic E-state index is 3.63. The highest BCUT2D eigenvalue weighted by atomic mass is 79.9. The Morgan fingerprint density at radius 1 is 1.12 bits per heavy atom. The van der Waals surface area contributed by atoms with E-state index in [-0.39, 0.29) is 5.54 Å². The maximum Gasteiger partial charge on any atom is 0.0664 e. The molecular weight excluding hydrogens is 264 g/mol. The van der Waals surface area contributed by atoms with Crippen molar-refractivity contribution in [1.82, 2.24) is 5.01 Å². The first-order valence-electron chi connectivity index (χ1n) is 5.80. The fourth-order valence-electron chi connectivity index (χ4n) is 2.22. The summed E-state index contributed by atoms with van der Waals surface area (Å²) in [5, 5.41) is 4.84. The van der Waals surface area contributed by atoms with Crippen LogP contribution in [0.5, 0.6) is 0 Å². The quantitative estimate of drug-likeness (QED) is 0.776. The minimum Gasteiger partial charge on any atom is -0.304 e. The number of halogens is 1. The molecule has 2 nitrogen and oxygen atoms in total. The molecule has 3 heteroatoms.